The molecular formula is C17H19NO3. The van der Waals surface area contributed by atoms with E-state index in [-0.39, 0.29) is 0 Å². The van der Waals surface area contributed by atoms with Crippen molar-refractivity contribution < 1.29 is 14.3 Å². The SMILES string of the molecule is COC(=O)C(N)Cc1ccc(OCc2ccccc2)cc1. The molecule has 0 saturated carbocycles. The number of hydrogen-bond acceptors (Lipinski definition) is 4. The van der Waals surface area contributed by atoms with Gasteiger partial charge in [-0.05, 0) is 29.7 Å². The molecular weight excluding hydrogens is 266 g/mol. The first-order valence-corrected chi connectivity index (χ1v) is 6.78. The number of benzene rings is 2. The van der Waals surface area contributed by atoms with E-state index in [0.29, 0.717) is 13.0 Å². The maximum absolute atomic E-state index is 11.3. The fourth-order valence-corrected chi connectivity index (χ4v) is 1.95. The first-order valence-electron chi connectivity index (χ1n) is 6.78. The van der Waals surface area contributed by atoms with Crippen LogP contribution in [0.2, 0.25) is 0 Å². The highest BCUT2D eigenvalue weighted by Crippen LogP contribution is 2.15. The molecule has 0 saturated heterocycles. The van der Waals surface area contributed by atoms with Crippen LogP contribution >= 0.6 is 0 Å². The average Bonchev–Trinajstić information content (AvgIpc) is 2.54. The quantitative estimate of drug-likeness (QED) is 0.827. The number of carbonyl (C=O) groups is 1. The topological polar surface area (TPSA) is 61.5 Å². The van der Waals surface area contributed by atoms with Gasteiger partial charge in [0, 0.05) is 0 Å². The van der Waals surface area contributed by atoms with Crippen molar-refractivity contribution in [3.05, 3.63) is 65.7 Å². The van der Waals surface area contributed by atoms with Gasteiger partial charge in [-0.1, -0.05) is 42.5 Å². The Kier molecular flexibility index (Phi) is 5.35. The lowest BCUT2D eigenvalue weighted by molar-refractivity contribution is -0.142. The Bertz CT molecular complexity index is 566. The zero-order chi connectivity index (χ0) is 15.1. The number of methoxy groups -OCH3 is 1. The molecule has 2 N–H and O–H groups in total. The lowest BCUT2D eigenvalue weighted by Gasteiger charge is -2.10. The molecule has 2 aromatic rings. The summed E-state index contributed by atoms with van der Waals surface area (Å²) < 4.78 is 10.3. The zero-order valence-corrected chi connectivity index (χ0v) is 12.0. The van der Waals surface area contributed by atoms with Crippen LogP contribution in [0.15, 0.2) is 54.6 Å². The molecule has 4 heteroatoms. The summed E-state index contributed by atoms with van der Waals surface area (Å²) in [7, 11) is 1.34. The molecule has 4 nitrogen and oxygen atoms in total. The molecule has 0 aromatic heterocycles. The van der Waals surface area contributed by atoms with Crippen LogP contribution in [0.1, 0.15) is 11.1 Å². The molecule has 1 atom stereocenters. The molecule has 1 unspecified atom stereocenters. The molecule has 0 bridgehead atoms. The maximum Gasteiger partial charge on any atom is 0.322 e. The van der Waals surface area contributed by atoms with Crippen molar-refractivity contribution in [2.75, 3.05) is 7.11 Å². The van der Waals surface area contributed by atoms with E-state index < -0.39 is 12.0 Å². The van der Waals surface area contributed by atoms with E-state index in [2.05, 4.69) is 4.74 Å². The summed E-state index contributed by atoms with van der Waals surface area (Å²) in [6.45, 7) is 0.530. The Morgan fingerprint density at radius 2 is 1.71 bits per heavy atom. The van der Waals surface area contributed by atoms with E-state index in [1.165, 1.54) is 7.11 Å². The van der Waals surface area contributed by atoms with E-state index >= 15 is 0 Å². The van der Waals surface area contributed by atoms with Gasteiger partial charge < -0.3 is 15.2 Å². The van der Waals surface area contributed by atoms with Gasteiger partial charge in [0.15, 0.2) is 0 Å². The maximum atomic E-state index is 11.3. The van der Waals surface area contributed by atoms with Crippen LogP contribution in [0.3, 0.4) is 0 Å². The molecule has 0 aliphatic carbocycles. The molecule has 2 aromatic carbocycles. The average molecular weight is 285 g/mol. The molecule has 0 radical (unpaired) electrons. The molecule has 110 valence electrons. The second kappa shape index (κ2) is 7.45. The van der Waals surface area contributed by atoms with Crippen molar-refractivity contribution in [2.24, 2.45) is 5.73 Å². The second-order valence-corrected chi connectivity index (χ2v) is 4.75. The summed E-state index contributed by atoms with van der Waals surface area (Å²) in [5, 5.41) is 0. The lowest BCUT2D eigenvalue weighted by Crippen LogP contribution is -2.33. The van der Waals surface area contributed by atoms with Crippen LogP contribution < -0.4 is 10.5 Å². The van der Waals surface area contributed by atoms with Crippen LogP contribution in [-0.2, 0) is 22.6 Å². The van der Waals surface area contributed by atoms with Crippen molar-refractivity contribution in [1.29, 1.82) is 0 Å². The predicted octanol–water partition coefficient (Wildman–Crippen LogP) is 2.31. The van der Waals surface area contributed by atoms with Gasteiger partial charge >= 0.3 is 5.97 Å². The van der Waals surface area contributed by atoms with E-state index in [9.17, 15) is 4.79 Å². The fraction of sp³-hybridized carbons (Fsp3) is 0.235. The van der Waals surface area contributed by atoms with Gasteiger partial charge in [-0.3, -0.25) is 4.79 Å². The minimum atomic E-state index is -0.633. The predicted molar refractivity (Wildman–Crippen MR) is 80.9 cm³/mol. The van der Waals surface area contributed by atoms with E-state index in [4.69, 9.17) is 10.5 Å². The largest absolute Gasteiger partial charge is 0.489 e. The van der Waals surface area contributed by atoms with Crippen molar-refractivity contribution in [1.82, 2.24) is 0 Å². The molecule has 2 rings (SSSR count). The third-order valence-electron chi connectivity index (χ3n) is 3.13. The van der Waals surface area contributed by atoms with Crippen molar-refractivity contribution >= 4 is 5.97 Å². The molecule has 0 fully saturated rings. The Morgan fingerprint density at radius 1 is 1.05 bits per heavy atom. The minimum absolute atomic E-state index is 0.403. The Labute approximate surface area is 124 Å². The Hall–Kier alpha value is -2.33. The highest BCUT2D eigenvalue weighted by molar-refractivity contribution is 5.75. The minimum Gasteiger partial charge on any atom is -0.489 e. The van der Waals surface area contributed by atoms with Crippen LogP contribution in [0.25, 0.3) is 0 Å². The summed E-state index contributed by atoms with van der Waals surface area (Å²) in [5.74, 6) is 0.383. The van der Waals surface area contributed by atoms with Gasteiger partial charge in [0.05, 0.1) is 7.11 Å². The number of nitrogens with two attached hydrogens (primary N) is 1. The molecule has 0 amide bonds. The van der Waals surface area contributed by atoms with Gasteiger partial charge in [0.2, 0.25) is 0 Å². The molecule has 0 aliphatic heterocycles. The van der Waals surface area contributed by atoms with E-state index in [1.54, 1.807) is 0 Å². The fourth-order valence-electron chi connectivity index (χ4n) is 1.95. The number of hydrogen-bond donors (Lipinski definition) is 1. The molecule has 0 aliphatic rings. The normalized spacial score (nSPS) is 11.7. The number of carbonyl (C=O) groups excluding carboxylic acids is 1. The smallest absolute Gasteiger partial charge is 0.322 e. The van der Waals surface area contributed by atoms with Gasteiger partial charge in [-0.25, -0.2) is 0 Å². The Morgan fingerprint density at radius 3 is 2.33 bits per heavy atom. The van der Waals surface area contributed by atoms with Crippen LogP contribution in [0.5, 0.6) is 5.75 Å². The van der Waals surface area contributed by atoms with E-state index in [0.717, 1.165) is 16.9 Å². The first-order chi connectivity index (χ1) is 10.2. The lowest BCUT2D eigenvalue weighted by atomic mass is 10.1. The Balaban J connectivity index is 1.88. The first kappa shape index (κ1) is 15.1. The molecule has 0 heterocycles. The highest BCUT2D eigenvalue weighted by atomic mass is 16.5. The standard InChI is InChI=1S/C17H19NO3/c1-20-17(19)16(18)11-13-7-9-15(10-8-13)21-12-14-5-3-2-4-6-14/h2-10,16H,11-12,18H2,1H3. The number of ether oxygens (including phenoxy) is 2. The summed E-state index contributed by atoms with van der Waals surface area (Å²) in [4.78, 5) is 11.3. The van der Waals surface area contributed by atoms with Crippen LogP contribution in [0, 0.1) is 0 Å². The van der Waals surface area contributed by atoms with Crippen molar-refractivity contribution in [2.45, 2.75) is 19.1 Å². The number of rotatable bonds is 6. The third-order valence-corrected chi connectivity index (χ3v) is 3.13. The van der Waals surface area contributed by atoms with Gasteiger partial charge in [0.1, 0.15) is 18.4 Å². The monoisotopic (exact) mass is 285 g/mol. The number of esters is 1. The summed E-state index contributed by atoms with van der Waals surface area (Å²) in [6, 6.07) is 16.9. The zero-order valence-electron chi connectivity index (χ0n) is 12.0. The van der Waals surface area contributed by atoms with Crippen molar-refractivity contribution in [3.63, 3.8) is 0 Å². The van der Waals surface area contributed by atoms with Gasteiger partial charge in [-0.2, -0.15) is 0 Å². The summed E-state index contributed by atoms with van der Waals surface area (Å²) in [6.07, 6.45) is 0.450. The van der Waals surface area contributed by atoms with Gasteiger partial charge in [0.25, 0.3) is 0 Å². The highest BCUT2D eigenvalue weighted by Gasteiger charge is 2.13. The summed E-state index contributed by atoms with van der Waals surface area (Å²) >= 11 is 0. The van der Waals surface area contributed by atoms with Gasteiger partial charge in [-0.15, -0.1) is 0 Å². The summed E-state index contributed by atoms with van der Waals surface area (Å²) in [5.41, 5.74) is 7.82. The van der Waals surface area contributed by atoms with E-state index in [1.807, 2.05) is 54.6 Å². The van der Waals surface area contributed by atoms with Crippen molar-refractivity contribution in [3.8, 4) is 5.75 Å². The molecule has 0 spiro atoms. The van der Waals surface area contributed by atoms with Crippen LogP contribution in [0.4, 0.5) is 0 Å². The molecule has 21 heavy (non-hydrogen) atoms. The van der Waals surface area contributed by atoms with Crippen LogP contribution in [-0.4, -0.2) is 19.1 Å². The third kappa shape index (κ3) is 4.61. The second-order valence-electron chi connectivity index (χ2n) is 4.75.